The van der Waals surface area contributed by atoms with Gasteiger partial charge in [0.05, 0.1) is 7.11 Å². The van der Waals surface area contributed by atoms with E-state index in [1.807, 2.05) is 6.07 Å². The minimum Gasteiger partial charge on any atom is -0.496 e. The van der Waals surface area contributed by atoms with Crippen LogP contribution in [0.4, 0.5) is 0 Å². The number of piperidine rings is 1. The third-order valence-electron chi connectivity index (χ3n) is 4.12. The van der Waals surface area contributed by atoms with Gasteiger partial charge < -0.3 is 10.1 Å². The third kappa shape index (κ3) is 1.71. The standard InChI is InChI=1S/C14H19NO/c1-16-14-5-3-2-4-11(14)9-13-10-6-7-12(8-10)15-13/h2-5,10,12-13,15H,6-9H2,1H3. The van der Waals surface area contributed by atoms with E-state index in [0.717, 1.165) is 24.1 Å². The summed E-state index contributed by atoms with van der Waals surface area (Å²) >= 11 is 0. The lowest BCUT2D eigenvalue weighted by atomic mass is 9.93. The highest BCUT2D eigenvalue weighted by Gasteiger charge is 2.38. The van der Waals surface area contributed by atoms with E-state index in [1.54, 1.807) is 7.11 Å². The Hall–Kier alpha value is -1.02. The van der Waals surface area contributed by atoms with E-state index in [1.165, 1.54) is 24.8 Å². The smallest absolute Gasteiger partial charge is 0.122 e. The highest BCUT2D eigenvalue weighted by Crippen LogP contribution is 2.37. The topological polar surface area (TPSA) is 21.3 Å². The number of rotatable bonds is 3. The van der Waals surface area contributed by atoms with Gasteiger partial charge in [-0.2, -0.15) is 0 Å². The molecule has 1 saturated carbocycles. The second-order valence-electron chi connectivity index (χ2n) is 5.06. The van der Waals surface area contributed by atoms with Gasteiger partial charge in [0.25, 0.3) is 0 Å². The van der Waals surface area contributed by atoms with Gasteiger partial charge in [-0.05, 0) is 43.2 Å². The Kier molecular flexibility index (Phi) is 2.60. The van der Waals surface area contributed by atoms with Crippen LogP contribution in [0.1, 0.15) is 24.8 Å². The van der Waals surface area contributed by atoms with Crippen LogP contribution in [0.5, 0.6) is 5.75 Å². The number of nitrogens with one attached hydrogen (secondary N) is 1. The highest BCUT2D eigenvalue weighted by atomic mass is 16.5. The molecule has 2 heteroatoms. The van der Waals surface area contributed by atoms with E-state index < -0.39 is 0 Å². The van der Waals surface area contributed by atoms with Crippen molar-refractivity contribution in [2.75, 3.05) is 7.11 Å². The largest absolute Gasteiger partial charge is 0.496 e. The molecule has 3 atom stereocenters. The van der Waals surface area contributed by atoms with E-state index in [4.69, 9.17) is 4.74 Å². The van der Waals surface area contributed by atoms with Crippen molar-refractivity contribution in [1.82, 2.24) is 5.32 Å². The molecule has 2 bridgehead atoms. The summed E-state index contributed by atoms with van der Waals surface area (Å²) in [5, 5.41) is 3.73. The second-order valence-corrected chi connectivity index (χ2v) is 5.06. The van der Waals surface area contributed by atoms with E-state index in [0.29, 0.717) is 6.04 Å². The van der Waals surface area contributed by atoms with E-state index in [-0.39, 0.29) is 0 Å². The first kappa shape index (κ1) is 10.2. The molecule has 86 valence electrons. The zero-order chi connectivity index (χ0) is 11.0. The molecule has 16 heavy (non-hydrogen) atoms. The van der Waals surface area contributed by atoms with Crippen molar-refractivity contribution in [1.29, 1.82) is 0 Å². The van der Waals surface area contributed by atoms with Crippen LogP contribution in [0.3, 0.4) is 0 Å². The van der Waals surface area contributed by atoms with Crippen LogP contribution in [0.2, 0.25) is 0 Å². The second kappa shape index (κ2) is 4.10. The molecule has 2 aliphatic rings. The number of methoxy groups -OCH3 is 1. The predicted octanol–water partition coefficient (Wildman–Crippen LogP) is 2.38. The first-order valence-electron chi connectivity index (χ1n) is 6.25. The summed E-state index contributed by atoms with van der Waals surface area (Å²) in [5.41, 5.74) is 1.34. The average Bonchev–Trinajstić information content (AvgIpc) is 2.92. The Bertz CT molecular complexity index is 377. The molecular weight excluding hydrogens is 198 g/mol. The molecule has 3 unspecified atom stereocenters. The van der Waals surface area contributed by atoms with Crippen molar-refractivity contribution in [2.45, 2.75) is 37.8 Å². The van der Waals surface area contributed by atoms with E-state index in [9.17, 15) is 0 Å². The predicted molar refractivity (Wildman–Crippen MR) is 64.8 cm³/mol. The van der Waals surface area contributed by atoms with Gasteiger partial charge in [-0.3, -0.25) is 0 Å². The fourth-order valence-electron chi connectivity index (χ4n) is 3.31. The molecule has 3 rings (SSSR count). The molecule has 0 aromatic heterocycles. The Morgan fingerprint density at radius 2 is 2.19 bits per heavy atom. The molecule has 1 aromatic carbocycles. The molecule has 0 radical (unpaired) electrons. The van der Waals surface area contributed by atoms with Crippen molar-refractivity contribution >= 4 is 0 Å². The van der Waals surface area contributed by atoms with Crippen LogP contribution in [0.25, 0.3) is 0 Å². The summed E-state index contributed by atoms with van der Waals surface area (Å²) in [6, 6.07) is 9.86. The van der Waals surface area contributed by atoms with Crippen molar-refractivity contribution in [3.05, 3.63) is 29.8 Å². The fourth-order valence-corrected chi connectivity index (χ4v) is 3.31. The van der Waals surface area contributed by atoms with Crippen LogP contribution in [-0.4, -0.2) is 19.2 Å². The van der Waals surface area contributed by atoms with Crippen molar-refractivity contribution in [3.8, 4) is 5.75 Å². The van der Waals surface area contributed by atoms with Crippen LogP contribution in [0.15, 0.2) is 24.3 Å². The summed E-state index contributed by atoms with van der Waals surface area (Å²) < 4.78 is 5.41. The van der Waals surface area contributed by atoms with Crippen molar-refractivity contribution < 1.29 is 4.74 Å². The number of benzene rings is 1. The maximum absolute atomic E-state index is 5.41. The van der Waals surface area contributed by atoms with Crippen LogP contribution in [0, 0.1) is 5.92 Å². The number of para-hydroxylation sites is 1. The van der Waals surface area contributed by atoms with Gasteiger partial charge in [0, 0.05) is 12.1 Å². The van der Waals surface area contributed by atoms with Crippen molar-refractivity contribution in [3.63, 3.8) is 0 Å². The Morgan fingerprint density at radius 3 is 2.88 bits per heavy atom. The highest BCUT2D eigenvalue weighted by molar-refractivity contribution is 5.34. The molecule has 0 amide bonds. The Morgan fingerprint density at radius 1 is 1.31 bits per heavy atom. The van der Waals surface area contributed by atoms with E-state index in [2.05, 4.69) is 23.5 Å². The lowest BCUT2D eigenvalue weighted by molar-refractivity contribution is 0.368. The molecule has 1 N–H and O–H groups in total. The molecule has 1 aliphatic carbocycles. The molecule has 1 saturated heterocycles. The summed E-state index contributed by atoms with van der Waals surface area (Å²) in [6.45, 7) is 0. The molecular formula is C14H19NO. The Balaban J connectivity index is 1.74. The lowest BCUT2D eigenvalue weighted by Gasteiger charge is -2.23. The quantitative estimate of drug-likeness (QED) is 0.839. The van der Waals surface area contributed by atoms with Crippen molar-refractivity contribution in [2.24, 2.45) is 5.92 Å². The summed E-state index contributed by atoms with van der Waals surface area (Å²) in [7, 11) is 1.76. The number of hydrogen-bond donors (Lipinski definition) is 1. The third-order valence-corrected chi connectivity index (χ3v) is 4.12. The molecule has 2 fully saturated rings. The van der Waals surface area contributed by atoms with Gasteiger partial charge in [0.15, 0.2) is 0 Å². The number of hydrogen-bond acceptors (Lipinski definition) is 2. The normalized spacial score (nSPS) is 31.9. The molecule has 1 heterocycles. The van der Waals surface area contributed by atoms with Crippen LogP contribution >= 0.6 is 0 Å². The van der Waals surface area contributed by atoms with Crippen LogP contribution in [-0.2, 0) is 6.42 Å². The van der Waals surface area contributed by atoms with Gasteiger partial charge in [0.1, 0.15) is 5.75 Å². The summed E-state index contributed by atoms with van der Waals surface area (Å²) in [5.74, 6) is 1.93. The maximum Gasteiger partial charge on any atom is 0.122 e. The van der Waals surface area contributed by atoms with Gasteiger partial charge in [-0.15, -0.1) is 0 Å². The zero-order valence-electron chi connectivity index (χ0n) is 9.78. The van der Waals surface area contributed by atoms with E-state index >= 15 is 0 Å². The Labute approximate surface area is 97.0 Å². The van der Waals surface area contributed by atoms with Gasteiger partial charge in [-0.25, -0.2) is 0 Å². The number of fused-ring (bicyclic) bond motifs is 2. The van der Waals surface area contributed by atoms with Gasteiger partial charge in [0.2, 0.25) is 0 Å². The number of ether oxygens (including phenoxy) is 1. The summed E-state index contributed by atoms with van der Waals surface area (Å²) in [4.78, 5) is 0. The zero-order valence-corrected chi connectivity index (χ0v) is 9.78. The fraction of sp³-hybridized carbons (Fsp3) is 0.571. The average molecular weight is 217 g/mol. The molecule has 1 aromatic rings. The minimum absolute atomic E-state index is 0.676. The van der Waals surface area contributed by atoms with Gasteiger partial charge >= 0.3 is 0 Å². The molecule has 0 spiro atoms. The molecule has 1 aliphatic heterocycles. The first-order chi connectivity index (χ1) is 7.86. The van der Waals surface area contributed by atoms with Gasteiger partial charge in [-0.1, -0.05) is 18.2 Å². The lowest BCUT2D eigenvalue weighted by Crippen LogP contribution is -2.37. The minimum atomic E-state index is 0.676. The SMILES string of the molecule is COc1ccccc1CC1NC2CCC1C2. The van der Waals surface area contributed by atoms with Crippen LogP contribution < -0.4 is 10.1 Å². The molecule has 2 nitrogen and oxygen atoms in total. The first-order valence-corrected chi connectivity index (χ1v) is 6.25. The monoisotopic (exact) mass is 217 g/mol. The maximum atomic E-state index is 5.41. The summed E-state index contributed by atoms with van der Waals surface area (Å²) in [6.07, 6.45) is 5.30.